The zero-order chi connectivity index (χ0) is 35.3. The van der Waals surface area contributed by atoms with Crippen LogP contribution in [0.1, 0.15) is 59.4 Å². The Balaban J connectivity index is 2.40. The van der Waals surface area contributed by atoms with Crippen molar-refractivity contribution in [1.29, 1.82) is 0 Å². The van der Waals surface area contributed by atoms with E-state index in [-0.39, 0.29) is 24.5 Å². The van der Waals surface area contributed by atoms with E-state index in [1.54, 1.807) is 39.8 Å². The molecule has 8 N–H and O–H groups in total. The summed E-state index contributed by atoms with van der Waals surface area (Å²) < 4.78 is 0. The SMILES string of the molecule is CCN[C@H](C)C(=O)N[C@@H](CC(N)=O)C(=O)N[C@@H](CCC(=O)O)C(=O)N[C@@H](Cc1cccc2ccccc12)C(=O)N[C@H](C)C(=O)C(C)C. The molecule has 5 amide bonds. The van der Waals surface area contributed by atoms with Gasteiger partial charge in [-0.05, 0) is 43.1 Å². The van der Waals surface area contributed by atoms with Crippen molar-refractivity contribution in [1.82, 2.24) is 26.6 Å². The predicted molar refractivity (Wildman–Crippen MR) is 175 cm³/mol. The zero-order valence-electron chi connectivity index (χ0n) is 27.4. The minimum Gasteiger partial charge on any atom is -0.481 e. The molecule has 2 rings (SSSR count). The van der Waals surface area contributed by atoms with E-state index in [0.717, 1.165) is 16.3 Å². The minimum absolute atomic E-state index is 0.00376. The summed E-state index contributed by atoms with van der Waals surface area (Å²) in [7, 11) is 0. The molecule has 14 heteroatoms. The molecule has 2 aromatic rings. The van der Waals surface area contributed by atoms with Crippen LogP contribution in [0.5, 0.6) is 0 Å². The Labute approximate surface area is 274 Å². The molecular weight excluding hydrogens is 608 g/mol. The molecule has 0 aliphatic rings. The molecule has 0 aliphatic carbocycles. The number of benzene rings is 2. The largest absolute Gasteiger partial charge is 0.481 e. The molecule has 0 saturated heterocycles. The number of carbonyl (C=O) groups is 7. The second kappa shape index (κ2) is 18.3. The second-order valence-electron chi connectivity index (χ2n) is 11.7. The van der Waals surface area contributed by atoms with Crippen molar-refractivity contribution >= 4 is 52.1 Å². The second-order valence-corrected chi connectivity index (χ2v) is 11.7. The number of amides is 5. The normalized spacial score (nSPS) is 14.3. The number of aliphatic carboxylic acids is 1. The Morgan fingerprint density at radius 2 is 1.30 bits per heavy atom. The van der Waals surface area contributed by atoms with Crippen LogP contribution in [0.4, 0.5) is 0 Å². The van der Waals surface area contributed by atoms with Gasteiger partial charge in [0.1, 0.15) is 18.1 Å². The molecule has 0 heterocycles. The number of primary amides is 1. The molecule has 0 aromatic heterocycles. The average molecular weight is 655 g/mol. The number of hydrogen-bond donors (Lipinski definition) is 7. The Kier molecular flexibility index (Phi) is 15.0. The van der Waals surface area contributed by atoms with Crippen LogP contribution in [0.25, 0.3) is 10.8 Å². The van der Waals surface area contributed by atoms with Crippen LogP contribution in [-0.4, -0.2) is 83.1 Å². The smallest absolute Gasteiger partial charge is 0.303 e. The third-order valence-electron chi connectivity index (χ3n) is 7.51. The van der Waals surface area contributed by atoms with Gasteiger partial charge in [0.15, 0.2) is 5.78 Å². The first-order valence-corrected chi connectivity index (χ1v) is 15.6. The van der Waals surface area contributed by atoms with Crippen molar-refractivity contribution in [2.75, 3.05) is 6.54 Å². The first kappa shape index (κ1) is 38.3. The van der Waals surface area contributed by atoms with E-state index in [0.29, 0.717) is 6.54 Å². The Morgan fingerprint density at radius 1 is 0.723 bits per heavy atom. The lowest BCUT2D eigenvalue weighted by atomic mass is 9.97. The van der Waals surface area contributed by atoms with Crippen LogP contribution in [0, 0.1) is 5.92 Å². The molecule has 47 heavy (non-hydrogen) atoms. The van der Waals surface area contributed by atoms with Crippen LogP contribution in [0.3, 0.4) is 0 Å². The minimum atomic E-state index is -1.48. The quantitative estimate of drug-likeness (QED) is 0.110. The molecule has 0 radical (unpaired) electrons. The van der Waals surface area contributed by atoms with Gasteiger partial charge in [0, 0.05) is 18.8 Å². The number of nitrogens with two attached hydrogens (primary N) is 1. The number of carboxylic acids is 1. The first-order valence-electron chi connectivity index (χ1n) is 15.6. The summed E-state index contributed by atoms with van der Waals surface area (Å²) in [6.45, 7) is 8.72. The zero-order valence-corrected chi connectivity index (χ0v) is 27.4. The molecule has 0 bridgehead atoms. The van der Waals surface area contributed by atoms with E-state index in [1.807, 2.05) is 30.3 Å². The number of carbonyl (C=O) groups excluding carboxylic acids is 6. The van der Waals surface area contributed by atoms with Gasteiger partial charge in [0.05, 0.1) is 18.5 Å². The van der Waals surface area contributed by atoms with Gasteiger partial charge in [0.2, 0.25) is 29.5 Å². The summed E-state index contributed by atoms with van der Waals surface area (Å²) in [5.74, 6) is -5.81. The summed E-state index contributed by atoms with van der Waals surface area (Å²) in [6.07, 6.45) is -1.48. The monoisotopic (exact) mass is 654 g/mol. The maximum Gasteiger partial charge on any atom is 0.303 e. The van der Waals surface area contributed by atoms with E-state index < -0.39 is 78.6 Å². The van der Waals surface area contributed by atoms with Crippen LogP contribution < -0.4 is 32.3 Å². The number of ketones is 1. The number of Topliss-reactive ketones (excluding diaryl/α,β-unsaturated/α-hetero) is 1. The number of hydrogen-bond acceptors (Lipinski definition) is 8. The summed E-state index contributed by atoms with van der Waals surface area (Å²) in [5.41, 5.74) is 6.03. The van der Waals surface area contributed by atoms with Crippen LogP contribution in [-0.2, 0) is 40.0 Å². The van der Waals surface area contributed by atoms with Gasteiger partial charge < -0.3 is 37.4 Å². The molecule has 0 saturated carbocycles. The lowest BCUT2D eigenvalue weighted by molar-refractivity contribution is -0.138. The number of rotatable bonds is 19. The fourth-order valence-electron chi connectivity index (χ4n) is 4.97. The van der Waals surface area contributed by atoms with Crippen molar-refractivity contribution in [3.63, 3.8) is 0 Å². The van der Waals surface area contributed by atoms with E-state index >= 15 is 0 Å². The van der Waals surface area contributed by atoms with Crippen molar-refractivity contribution in [3.05, 3.63) is 48.0 Å². The molecule has 256 valence electrons. The van der Waals surface area contributed by atoms with Gasteiger partial charge in [0.25, 0.3) is 0 Å². The standard InChI is InChI=1S/C33H46N6O8/c1-6-35-20(5)30(44)38-26(17-27(34)40)33(47)37-24(14-15-28(41)42)31(45)39-25(32(46)36-19(4)29(43)18(2)3)16-22-12-9-11-21-10-7-8-13-23(21)22/h7-13,18-20,24-26,35H,6,14-17H2,1-5H3,(H2,34,40)(H,36,46)(H,37,47)(H,38,44)(H,39,45)(H,41,42)/t19-,20-,24+,25+,26+/m1/s1. The predicted octanol–water partition coefficient (Wildman–Crippen LogP) is 0.305. The molecule has 0 aliphatic heterocycles. The van der Waals surface area contributed by atoms with E-state index in [1.165, 1.54) is 6.92 Å². The van der Waals surface area contributed by atoms with E-state index in [2.05, 4.69) is 26.6 Å². The molecule has 0 spiro atoms. The summed E-state index contributed by atoms with van der Waals surface area (Å²) >= 11 is 0. The number of carboxylic acid groups (broad SMARTS) is 1. The van der Waals surface area contributed by atoms with Crippen molar-refractivity contribution in [2.24, 2.45) is 11.7 Å². The molecule has 0 fully saturated rings. The Bertz CT molecular complexity index is 1460. The fourth-order valence-corrected chi connectivity index (χ4v) is 4.97. The Hall–Kier alpha value is -4.85. The molecule has 5 atom stereocenters. The molecular formula is C33H46N6O8. The van der Waals surface area contributed by atoms with Crippen LogP contribution in [0.15, 0.2) is 42.5 Å². The maximum absolute atomic E-state index is 13.7. The molecule has 14 nitrogen and oxygen atoms in total. The van der Waals surface area contributed by atoms with Gasteiger partial charge in [-0.2, -0.15) is 0 Å². The number of likely N-dealkylation sites (N-methyl/N-ethyl adjacent to an activating group) is 1. The maximum atomic E-state index is 13.7. The highest BCUT2D eigenvalue weighted by molar-refractivity contribution is 5.98. The summed E-state index contributed by atoms with van der Waals surface area (Å²) in [4.78, 5) is 88.9. The number of fused-ring (bicyclic) bond motifs is 1. The molecule has 2 aromatic carbocycles. The highest BCUT2D eigenvalue weighted by atomic mass is 16.4. The third kappa shape index (κ3) is 12.1. The van der Waals surface area contributed by atoms with Crippen LogP contribution >= 0.6 is 0 Å². The fraction of sp³-hybridized carbons (Fsp3) is 0.485. The lowest BCUT2D eigenvalue weighted by Gasteiger charge is -2.26. The first-order chi connectivity index (χ1) is 22.1. The third-order valence-corrected chi connectivity index (χ3v) is 7.51. The highest BCUT2D eigenvalue weighted by Gasteiger charge is 2.32. The van der Waals surface area contributed by atoms with Crippen molar-refractivity contribution in [2.45, 2.75) is 90.5 Å². The van der Waals surface area contributed by atoms with Gasteiger partial charge >= 0.3 is 5.97 Å². The van der Waals surface area contributed by atoms with E-state index in [4.69, 9.17) is 5.73 Å². The van der Waals surface area contributed by atoms with Gasteiger partial charge in [-0.1, -0.05) is 63.2 Å². The molecule has 0 unspecified atom stereocenters. The van der Waals surface area contributed by atoms with Crippen molar-refractivity contribution < 1.29 is 38.7 Å². The van der Waals surface area contributed by atoms with Gasteiger partial charge in [-0.15, -0.1) is 0 Å². The van der Waals surface area contributed by atoms with Crippen LogP contribution in [0.2, 0.25) is 0 Å². The lowest BCUT2D eigenvalue weighted by Crippen LogP contribution is -2.59. The topological polar surface area (TPSA) is 226 Å². The van der Waals surface area contributed by atoms with Gasteiger partial charge in [-0.3, -0.25) is 33.6 Å². The van der Waals surface area contributed by atoms with Gasteiger partial charge in [-0.25, -0.2) is 0 Å². The van der Waals surface area contributed by atoms with Crippen molar-refractivity contribution in [3.8, 4) is 0 Å². The summed E-state index contributed by atoms with van der Waals surface area (Å²) in [5, 5.41) is 24.1. The summed E-state index contributed by atoms with van der Waals surface area (Å²) in [6, 6.07) is 7.21. The average Bonchev–Trinajstić information content (AvgIpc) is 3.01. The van der Waals surface area contributed by atoms with E-state index in [9.17, 15) is 38.7 Å². The number of nitrogens with one attached hydrogen (secondary N) is 5. The highest BCUT2D eigenvalue weighted by Crippen LogP contribution is 2.20. The Morgan fingerprint density at radius 3 is 1.91 bits per heavy atom.